The van der Waals surface area contributed by atoms with Crippen molar-refractivity contribution >= 4 is 23.7 Å². The number of carboxylic acid groups (broad SMARTS) is 1. The summed E-state index contributed by atoms with van der Waals surface area (Å²) in [5.41, 5.74) is 0. The van der Waals surface area contributed by atoms with E-state index in [0.717, 1.165) is 11.8 Å². The van der Waals surface area contributed by atoms with Gasteiger partial charge in [-0.05, 0) is 11.8 Å². The number of hydrogen-bond donors (Lipinski definition) is 1. The number of aliphatic carboxylic acids is 1. The minimum Gasteiger partial charge on any atom is -0.481 e. The highest BCUT2D eigenvalue weighted by atomic mass is 32.2. The molecule has 0 aliphatic carbocycles. The summed E-state index contributed by atoms with van der Waals surface area (Å²) >= 11 is 0.782. The molecule has 0 rings (SSSR count). The smallest absolute Gasteiger partial charge is 0.404 e. The summed E-state index contributed by atoms with van der Waals surface area (Å²) < 4.78 is 4.46. The van der Waals surface area contributed by atoms with Gasteiger partial charge in [-0.25, -0.2) is 11.4 Å². The largest absolute Gasteiger partial charge is 0.481 e. The van der Waals surface area contributed by atoms with Crippen LogP contribution in [0, 0.1) is 6.57 Å². The summed E-state index contributed by atoms with van der Waals surface area (Å²) in [4.78, 5) is 23.3. The van der Waals surface area contributed by atoms with Crippen molar-refractivity contribution in [2.45, 2.75) is 18.2 Å². The van der Waals surface area contributed by atoms with E-state index in [-0.39, 0.29) is 12.2 Å². The van der Waals surface area contributed by atoms with Crippen molar-refractivity contribution < 1.29 is 19.4 Å². The van der Waals surface area contributed by atoms with Crippen LogP contribution in [0.3, 0.4) is 0 Å². The Kier molecular flexibility index (Phi) is 5.02. The second kappa shape index (κ2) is 5.50. The number of rotatable bonds is 5. The molecule has 1 atom stereocenters. The van der Waals surface area contributed by atoms with Gasteiger partial charge < -0.3 is 9.84 Å². The number of hydrogen-bond acceptors (Lipinski definition) is 4. The van der Waals surface area contributed by atoms with Crippen molar-refractivity contribution in [2.75, 3.05) is 12.9 Å². The number of carbonyl (C=O) groups is 2. The number of nitrogens with zero attached hydrogens (tertiary/aromatic N) is 1. The average molecular weight is 217 g/mol. The maximum atomic E-state index is 11.3. The van der Waals surface area contributed by atoms with Crippen LogP contribution in [0.1, 0.15) is 13.3 Å². The quantitative estimate of drug-likeness (QED) is 0.549. The van der Waals surface area contributed by atoms with Crippen LogP contribution < -0.4 is 0 Å². The van der Waals surface area contributed by atoms with E-state index in [1.54, 1.807) is 6.92 Å². The fourth-order valence-corrected chi connectivity index (χ4v) is 1.64. The molecule has 0 aromatic rings. The Morgan fingerprint density at radius 3 is 2.50 bits per heavy atom. The standard InChI is InChI=1S/C8H11NO4S/c1-4-8(9-2,7(12)13-3)14-5-6(10)11/h4-5H2,1,3H3,(H,10,11). The molecule has 14 heavy (non-hydrogen) atoms. The van der Waals surface area contributed by atoms with Crippen LogP contribution in [-0.4, -0.2) is 34.8 Å². The molecule has 5 nitrogen and oxygen atoms in total. The molecule has 0 saturated carbocycles. The third-order valence-corrected chi connectivity index (χ3v) is 3.01. The van der Waals surface area contributed by atoms with Gasteiger partial charge in [0.25, 0.3) is 0 Å². The van der Waals surface area contributed by atoms with Gasteiger partial charge >= 0.3 is 16.8 Å². The monoisotopic (exact) mass is 217 g/mol. The molecule has 0 aliphatic rings. The van der Waals surface area contributed by atoms with Gasteiger partial charge in [0.05, 0.1) is 12.9 Å². The molecule has 0 heterocycles. The van der Waals surface area contributed by atoms with Crippen LogP contribution >= 0.6 is 11.8 Å². The van der Waals surface area contributed by atoms with E-state index < -0.39 is 16.8 Å². The highest BCUT2D eigenvalue weighted by Crippen LogP contribution is 2.31. The lowest BCUT2D eigenvalue weighted by molar-refractivity contribution is -0.142. The Bertz CT molecular complexity index is 273. The van der Waals surface area contributed by atoms with Crippen LogP contribution in [-0.2, 0) is 14.3 Å². The highest BCUT2D eigenvalue weighted by molar-refractivity contribution is 8.02. The number of thioether (sulfide) groups is 1. The van der Waals surface area contributed by atoms with E-state index in [1.807, 2.05) is 0 Å². The van der Waals surface area contributed by atoms with Gasteiger partial charge in [-0.2, -0.15) is 0 Å². The predicted molar refractivity (Wildman–Crippen MR) is 51.7 cm³/mol. The van der Waals surface area contributed by atoms with E-state index in [1.165, 1.54) is 7.11 Å². The molecule has 0 fully saturated rings. The van der Waals surface area contributed by atoms with Gasteiger partial charge in [0, 0.05) is 6.42 Å². The average Bonchev–Trinajstić information content (AvgIpc) is 2.19. The van der Waals surface area contributed by atoms with E-state index in [0.29, 0.717) is 0 Å². The van der Waals surface area contributed by atoms with Gasteiger partial charge in [0.1, 0.15) is 0 Å². The summed E-state index contributed by atoms with van der Waals surface area (Å²) in [6, 6.07) is 0. The van der Waals surface area contributed by atoms with Crippen LogP contribution in [0.15, 0.2) is 0 Å². The van der Waals surface area contributed by atoms with Gasteiger partial charge in [0.2, 0.25) is 0 Å². The molecule has 0 aromatic heterocycles. The summed E-state index contributed by atoms with van der Waals surface area (Å²) in [6.45, 7) is 8.54. The van der Waals surface area contributed by atoms with Crippen LogP contribution in [0.5, 0.6) is 0 Å². The first-order chi connectivity index (χ1) is 6.52. The lowest BCUT2D eigenvalue weighted by Crippen LogP contribution is -2.33. The van der Waals surface area contributed by atoms with Crippen molar-refractivity contribution in [2.24, 2.45) is 0 Å². The fraction of sp³-hybridized carbons (Fsp3) is 0.625. The lowest BCUT2D eigenvalue weighted by atomic mass is 10.2. The van der Waals surface area contributed by atoms with Gasteiger partial charge in [-0.15, -0.1) is 0 Å². The Morgan fingerprint density at radius 1 is 1.64 bits per heavy atom. The van der Waals surface area contributed by atoms with Gasteiger partial charge in [-0.3, -0.25) is 9.64 Å². The maximum absolute atomic E-state index is 11.3. The SMILES string of the molecule is [C-]#[N+]C(CC)(SCC(=O)O)C(=O)OC. The molecule has 0 bridgehead atoms. The summed E-state index contributed by atoms with van der Waals surface area (Å²) in [5, 5.41) is 8.45. The molecule has 78 valence electrons. The third kappa shape index (κ3) is 2.92. The predicted octanol–water partition coefficient (Wildman–Crippen LogP) is 1.00. The van der Waals surface area contributed by atoms with Crippen molar-refractivity contribution in [3.63, 3.8) is 0 Å². The number of ether oxygens (including phenoxy) is 1. The molecule has 6 heteroatoms. The lowest BCUT2D eigenvalue weighted by Gasteiger charge is -2.15. The summed E-state index contributed by atoms with van der Waals surface area (Å²) in [7, 11) is 1.18. The Balaban J connectivity index is 4.64. The van der Waals surface area contributed by atoms with Gasteiger partial charge in [-0.1, -0.05) is 6.92 Å². The second-order valence-corrected chi connectivity index (χ2v) is 3.68. The molecule has 0 amide bonds. The molecule has 0 radical (unpaired) electrons. The third-order valence-electron chi connectivity index (χ3n) is 1.60. The summed E-state index contributed by atoms with van der Waals surface area (Å²) in [5.74, 6) is -2.03. The molecule has 1 N–H and O–H groups in total. The van der Waals surface area contributed by atoms with E-state index >= 15 is 0 Å². The number of carboxylic acids is 1. The summed E-state index contributed by atoms with van der Waals surface area (Å²) in [6.07, 6.45) is 0.223. The Morgan fingerprint density at radius 2 is 2.21 bits per heavy atom. The first-order valence-corrected chi connectivity index (χ1v) is 4.83. The van der Waals surface area contributed by atoms with Gasteiger partial charge in [0.15, 0.2) is 0 Å². The van der Waals surface area contributed by atoms with Crippen molar-refractivity contribution in [1.82, 2.24) is 0 Å². The minimum atomic E-state index is -1.41. The zero-order chi connectivity index (χ0) is 11.2. The number of carbonyl (C=O) groups excluding carboxylic acids is 1. The van der Waals surface area contributed by atoms with E-state index in [2.05, 4.69) is 9.58 Å². The van der Waals surface area contributed by atoms with Crippen molar-refractivity contribution in [3.05, 3.63) is 11.4 Å². The van der Waals surface area contributed by atoms with Crippen LogP contribution in [0.2, 0.25) is 0 Å². The minimum absolute atomic E-state index is 0.223. The molecule has 0 aromatic carbocycles. The zero-order valence-corrected chi connectivity index (χ0v) is 8.76. The zero-order valence-electron chi connectivity index (χ0n) is 7.94. The molecule has 1 unspecified atom stereocenters. The maximum Gasteiger partial charge on any atom is 0.404 e. The Hall–Kier alpha value is -1.22. The number of esters is 1. The first-order valence-electron chi connectivity index (χ1n) is 3.85. The molecule has 0 aliphatic heterocycles. The van der Waals surface area contributed by atoms with Crippen LogP contribution in [0.25, 0.3) is 4.85 Å². The normalized spacial score (nSPS) is 13.8. The van der Waals surface area contributed by atoms with E-state index in [4.69, 9.17) is 11.7 Å². The molecular formula is C8H11NO4S. The number of methoxy groups -OCH3 is 1. The van der Waals surface area contributed by atoms with Crippen LogP contribution in [0.4, 0.5) is 0 Å². The van der Waals surface area contributed by atoms with Crippen molar-refractivity contribution in [1.29, 1.82) is 0 Å². The first kappa shape index (κ1) is 12.8. The second-order valence-electron chi connectivity index (χ2n) is 2.42. The van der Waals surface area contributed by atoms with Crippen molar-refractivity contribution in [3.8, 4) is 0 Å². The molecule has 0 spiro atoms. The highest BCUT2D eigenvalue weighted by Gasteiger charge is 2.46. The fourth-order valence-electron chi connectivity index (χ4n) is 0.803. The van der Waals surface area contributed by atoms with E-state index in [9.17, 15) is 9.59 Å². The Labute approximate surface area is 86.3 Å². The topological polar surface area (TPSA) is 68.0 Å². The molecular weight excluding hydrogens is 206 g/mol. The molecule has 0 saturated heterocycles.